The minimum atomic E-state index is -1.24. The molecule has 168 valence electrons. The molecule has 4 heterocycles. The molecule has 12 heteroatoms. The summed E-state index contributed by atoms with van der Waals surface area (Å²) in [6, 6.07) is 6.29. The molecule has 9 nitrogen and oxygen atoms in total. The van der Waals surface area contributed by atoms with Crippen molar-refractivity contribution in [2.45, 2.75) is 3.92 Å². The number of methoxy groups -OCH3 is 1. The molecule has 0 unspecified atom stereocenters. The van der Waals surface area contributed by atoms with Gasteiger partial charge in [-0.3, -0.25) is 0 Å². The standard InChI is InChI=1S/C20H16FI2N5O4/c1-31-18-10(21)3-2-4-12(18)26-17-14-16-11(7-25-19(14)29)22-28-20(30)23-32-13-8-24-6-5-9(13)15(17)27-16/h2-6,8,11,26-27H,7H2,1H3,(H,25,29)(H,28,30)/q-2/t11-/m1/s1. The first-order valence-corrected chi connectivity index (χ1v) is 13.7. The van der Waals surface area contributed by atoms with E-state index in [4.69, 9.17) is 7.80 Å². The molecule has 1 atom stereocenters. The van der Waals surface area contributed by atoms with E-state index in [1.807, 2.05) is 0 Å². The van der Waals surface area contributed by atoms with Crippen LogP contribution in [0.2, 0.25) is 0 Å². The van der Waals surface area contributed by atoms with Crippen LogP contribution in [0, 0.1) is 5.82 Å². The Morgan fingerprint density at radius 1 is 1.31 bits per heavy atom. The first kappa shape index (κ1) is 21.2. The van der Waals surface area contributed by atoms with Gasteiger partial charge >= 0.3 is 204 Å². The molecule has 0 fully saturated rings. The number of ether oxygens (including phenoxy) is 1. The number of aromatic amines is 1. The topological polar surface area (TPSA) is 117 Å². The predicted octanol–water partition coefficient (Wildman–Crippen LogP) is -3.14. The van der Waals surface area contributed by atoms with Crippen LogP contribution in [-0.2, 0) is 0 Å². The van der Waals surface area contributed by atoms with Crippen LogP contribution >= 0.6 is 0 Å². The molecule has 2 aromatic heterocycles. The molecular weight excluding hydrogens is 647 g/mol. The van der Waals surface area contributed by atoms with Gasteiger partial charge in [0.15, 0.2) is 0 Å². The summed E-state index contributed by atoms with van der Waals surface area (Å²) in [4.78, 5) is 32.8. The van der Waals surface area contributed by atoms with Gasteiger partial charge in [0.2, 0.25) is 0 Å². The van der Waals surface area contributed by atoms with Crippen molar-refractivity contribution in [1.82, 2.24) is 18.8 Å². The zero-order chi connectivity index (χ0) is 22.2. The van der Waals surface area contributed by atoms with Gasteiger partial charge in [0.25, 0.3) is 0 Å². The third-order valence-electron chi connectivity index (χ3n) is 4.95. The Bertz CT molecular complexity index is 1230. The number of hydrogen-bond acceptors (Lipinski definition) is 6. The number of nitrogens with one attached hydrogen (secondary N) is 4. The van der Waals surface area contributed by atoms with E-state index in [-0.39, 0.29) is 19.5 Å². The van der Waals surface area contributed by atoms with Crippen molar-refractivity contribution in [2.75, 3.05) is 19.0 Å². The summed E-state index contributed by atoms with van der Waals surface area (Å²) in [5.41, 5.74) is 3.27. The fraction of sp³-hybridized carbons (Fsp3) is 0.150. The number of pyridine rings is 1. The number of halogens is 3. The van der Waals surface area contributed by atoms with Gasteiger partial charge in [-0.2, -0.15) is 0 Å². The summed E-state index contributed by atoms with van der Waals surface area (Å²) in [6.45, 7) is 0.421. The average molecular weight is 663 g/mol. The van der Waals surface area contributed by atoms with E-state index < -0.39 is 48.9 Å². The molecule has 4 N–H and O–H groups in total. The van der Waals surface area contributed by atoms with Gasteiger partial charge < -0.3 is 0 Å². The van der Waals surface area contributed by atoms with Crippen molar-refractivity contribution in [2.24, 2.45) is 0 Å². The van der Waals surface area contributed by atoms with Crippen molar-refractivity contribution < 1.29 is 64.9 Å². The van der Waals surface area contributed by atoms with E-state index in [1.54, 1.807) is 30.6 Å². The number of rotatable bonds is 3. The van der Waals surface area contributed by atoms with Gasteiger partial charge in [0, 0.05) is 0 Å². The van der Waals surface area contributed by atoms with Crippen molar-refractivity contribution in [1.29, 1.82) is 0 Å². The van der Waals surface area contributed by atoms with Crippen molar-refractivity contribution in [3.63, 3.8) is 0 Å². The maximum absolute atomic E-state index is 14.3. The van der Waals surface area contributed by atoms with Crippen LogP contribution in [-0.4, -0.2) is 33.4 Å². The number of fused-ring (bicyclic) bond motifs is 3. The van der Waals surface area contributed by atoms with Crippen LogP contribution in [0.4, 0.5) is 20.6 Å². The van der Waals surface area contributed by atoms with E-state index >= 15 is 0 Å². The number of aromatic nitrogens is 2. The zero-order valence-corrected chi connectivity index (χ0v) is 20.8. The van der Waals surface area contributed by atoms with Gasteiger partial charge in [-0.05, 0) is 0 Å². The van der Waals surface area contributed by atoms with Crippen molar-refractivity contribution in [3.8, 4) is 22.8 Å². The van der Waals surface area contributed by atoms with Crippen LogP contribution in [0.25, 0.3) is 11.3 Å². The number of benzene rings is 1. The van der Waals surface area contributed by atoms with Crippen LogP contribution in [0.15, 0.2) is 36.7 Å². The van der Waals surface area contributed by atoms with Crippen LogP contribution in [0.1, 0.15) is 20.0 Å². The van der Waals surface area contributed by atoms with Gasteiger partial charge in [0.1, 0.15) is 0 Å². The third kappa shape index (κ3) is 3.74. The summed E-state index contributed by atoms with van der Waals surface area (Å²) in [7, 11) is 1.39. The molecule has 2 aliphatic heterocycles. The van der Waals surface area contributed by atoms with Gasteiger partial charge in [0.05, 0.1) is 0 Å². The number of H-pyrrole nitrogens is 1. The van der Waals surface area contributed by atoms with E-state index in [2.05, 4.69) is 24.1 Å². The molecule has 32 heavy (non-hydrogen) atoms. The van der Waals surface area contributed by atoms with Crippen molar-refractivity contribution >= 4 is 21.2 Å². The summed E-state index contributed by atoms with van der Waals surface area (Å²) in [6.07, 6.45) is 3.15. The Morgan fingerprint density at radius 2 is 2.19 bits per heavy atom. The number of hydrogen-bond donors (Lipinski definition) is 4. The summed E-state index contributed by atoms with van der Waals surface area (Å²) in [5, 5.41) is 6.12. The normalized spacial score (nSPS) is 17.8. The number of anilines is 2. The van der Waals surface area contributed by atoms with Crippen LogP contribution in [0.5, 0.6) is 11.5 Å². The molecule has 0 spiro atoms. The van der Waals surface area contributed by atoms with Crippen molar-refractivity contribution in [3.05, 3.63) is 53.7 Å². The Morgan fingerprint density at radius 3 is 3.03 bits per heavy atom. The zero-order valence-electron chi connectivity index (χ0n) is 16.5. The Labute approximate surface area is 203 Å². The Kier molecular flexibility index (Phi) is 5.79. The van der Waals surface area contributed by atoms with E-state index in [0.29, 0.717) is 40.5 Å². The number of carbonyl (C=O) groups is 2. The van der Waals surface area contributed by atoms with E-state index in [0.717, 1.165) is 5.69 Å². The Balaban J connectivity index is 1.74. The Hall–Kier alpha value is -2.62. The van der Waals surface area contributed by atoms with E-state index in [1.165, 1.54) is 13.2 Å². The predicted molar refractivity (Wildman–Crippen MR) is 104 cm³/mol. The van der Waals surface area contributed by atoms with Gasteiger partial charge in [-0.1, -0.05) is 0 Å². The average Bonchev–Trinajstić information content (AvgIpc) is 3.16. The number of amides is 2. The molecular formula is C20H16FI2N5O4-2. The second-order valence-corrected chi connectivity index (χ2v) is 11.3. The summed E-state index contributed by atoms with van der Waals surface area (Å²) >= 11 is -2.05. The summed E-state index contributed by atoms with van der Waals surface area (Å²) < 4.78 is 28.2. The molecule has 0 saturated heterocycles. The first-order chi connectivity index (χ1) is 15.6. The molecule has 1 aromatic carbocycles. The third-order valence-corrected chi connectivity index (χ3v) is 9.96. The summed E-state index contributed by atoms with van der Waals surface area (Å²) in [5.74, 6) is -0.307. The maximum atomic E-state index is 14.3. The van der Waals surface area contributed by atoms with Gasteiger partial charge in [-0.15, -0.1) is 0 Å². The molecule has 5 rings (SSSR count). The fourth-order valence-electron chi connectivity index (χ4n) is 3.58. The van der Waals surface area contributed by atoms with Crippen LogP contribution in [0.3, 0.4) is 0 Å². The minimum absolute atomic E-state index is 0.0408. The quantitative estimate of drug-likeness (QED) is 0.0775. The second kappa shape index (κ2) is 8.73. The molecule has 0 radical (unpaired) electrons. The molecule has 3 aromatic rings. The molecule has 2 aliphatic rings. The second-order valence-electron chi connectivity index (χ2n) is 6.79. The molecule has 2 amide bonds. The van der Waals surface area contributed by atoms with Crippen LogP contribution < -0.4 is 65.1 Å². The number of alkyl halides is 1. The number of carbonyl (C=O) groups excluding carboxylic acids is 2. The number of nitrogens with zero attached hydrogens (tertiary/aromatic N) is 1. The SMILES string of the molecule is COc1c(F)cccc1Nc1c2[nH]c3c1C(=O)NC[C@H]3[I-]NC(=O)[I-]Oc1cnccc1-2. The fourth-order valence-corrected chi connectivity index (χ4v) is 7.64. The first-order valence-electron chi connectivity index (χ1n) is 9.39. The number of para-hydroxylation sites is 1. The molecule has 2 bridgehead atoms. The molecule has 0 saturated carbocycles. The van der Waals surface area contributed by atoms with E-state index in [9.17, 15) is 14.0 Å². The molecule has 0 aliphatic carbocycles. The van der Waals surface area contributed by atoms with Gasteiger partial charge in [-0.25, -0.2) is 0 Å². The monoisotopic (exact) mass is 663 g/mol.